The summed E-state index contributed by atoms with van der Waals surface area (Å²) < 4.78 is 0. The van der Waals surface area contributed by atoms with E-state index >= 15 is 0 Å². The number of hydrogen-bond donors (Lipinski definition) is 2. The van der Waals surface area contributed by atoms with Crippen molar-refractivity contribution in [3.05, 3.63) is 29.8 Å². The summed E-state index contributed by atoms with van der Waals surface area (Å²) in [6.07, 6.45) is 0.219. The largest absolute Gasteiger partial charge is 0.474 e. The highest BCUT2D eigenvalue weighted by molar-refractivity contribution is 6.36. The molecule has 0 saturated heterocycles. The van der Waals surface area contributed by atoms with Gasteiger partial charge in [-0.2, -0.15) is 5.26 Å². The normalized spacial score (nSPS) is 9.00. The van der Waals surface area contributed by atoms with Crippen LogP contribution in [0, 0.1) is 11.3 Å². The second-order valence-corrected chi connectivity index (χ2v) is 2.79. The molecule has 2 N–H and O–H groups in total. The number of carboxylic acids is 1. The third-order valence-electron chi connectivity index (χ3n) is 1.66. The van der Waals surface area contributed by atoms with Gasteiger partial charge < -0.3 is 10.4 Å². The molecule has 0 aliphatic heterocycles. The molecule has 0 spiro atoms. The Kier molecular flexibility index (Phi) is 3.41. The van der Waals surface area contributed by atoms with E-state index in [1.807, 2.05) is 6.07 Å². The van der Waals surface area contributed by atoms with Gasteiger partial charge in [0, 0.05) is 5.69 Å². The van der Waals surface area contributed by atoms with E-state index in [-0.39, 0.29) is 6.42 Å². The topological polar surface area (TPSA) is 90.2 Å². The first-order valence-corrected chi connectivity index (χ1v) is 4.13. The van der Waals surface area contributed by atoms with Gasteiger partial charge in [-0.1, -0.05) is 12.1 Å². The van der Waals surface area contributed by atoms with Crippen molar-refractivity contribution in [3.63, 3.8) is 0 Å². The maximum absolute atomic E-state index is 10.8. The first kappa shape index (κ1) is 10.7. The lowest BCUT2D eigenvalue weighted by Crippen LogP contribution is -2.21. The average Bonchev–Trinajstić information content (AvgIpc) is 2.18. The number of rotatable bonds is 2. The van der Waals surface area contributed by atoms with Crippen molar-refractivity contribution in [3.8, 4) is 6.07 Å². The molecule has 1 amide bonds. The molecule has 76 valence electrons. The Morgan fingerprint density at radius 2 is 2.20 bits per heavy atom. The summed E-state index contributed by atoms with van der Waals surface area (Å²) in [4.78, 5) is 21.1. The van der Waals surface area contributed by atoms with Crippen molar-refractivity contribution in [1.29, 1.82) is 5.26 Å². The van der Waals surface area contributed by atoms with Gasteiger partial charge in [0.2, 0.25) is 0 Å². The molecule has 5 nitrogen and oxygen atoms in total. The fourth-order valence-electron chi connectivity index (χ4n) is 1.03. The number of aliphatic carboxylic acids is 1. The van der Waals surface area contributed by atoms with Gasteiger partial charge in [0.15, 0.2) is 0 Å². The van der Waals surface area contributed by atoms with Crippen LogP contribution < -0.4 is 5.32 Å². The van der Waals surface area contributed by atoms with Crippen LogP contribution in [0.3, 0.4) is 0 Å². The molecule has 0 aromatic heterocycles. The maximum Gasteiger partial charge on any atom is 0.394 e. The number of anilines is 1. The molecule has 0 heterocycles. The zero-order valence-electron chi connectivity index (χ0n) is 7.73. The van der Waals surface area contributed by atoms with Crippen LogP contribution in [-0.2, 0) is 16.0 Å². The van der Waals surface area contributed by atoms with Crippen LogP contribution in [0.25, 0.3) is 0 Å². The van der Waals surface area contributed by atoms with E-state index in [9.17, 15) is 9.59 Å². The second-order valence-electron chi connectivity index (χ2n) is 2.79. The Morgan fingerprint density at radius 1 is 1.47 bits per heavy atom. The molecule has 0 bridgehead atoms. The molecular formula is C10H8N2O3. The fourth-order valence-corrected chi connectivity index (χ4v) is 1.03. The lowest BCUT2D eigenvalue weighted by Gasteiger charge is -2.02. The van der Waals surface area contributed by atoms with Crippen LogP contribution in [0.2, 0.25) is 0 Å². The Hall–Kier alpha value is -2.35. The minimum atomic E-state index is -1.54. The van der Waals surface area contributed by atoms with Crippen molar-refractivity contribution >= 4 is 17.6 Å². The van der Waals surface area contributed by atoms with Gasteiger partial charge in [-0.3, -0.25) is 4.79 Å². The summed E-state index contributed by atoms with van der Waals surface area (Å²) in [6.45, 7) is 0. The van der Waals surface area contributed by atoms with Gasteiger partial charge >= 0.3 is 11.9 Å². The summed E-state index contributed by atoms with van der Waals surface area (Å²) in [5.74, 6) is -2.63. The average molecular weight is 204 g/mol. The Balaban J connectivity index is 2.78. The molecule has 0 atom stereocenters. The SMILES string of the molecule is N#CCc1cccc(NC(=O)C(=O)O)c1. The van der Waals surface area contributed by atoms with Gasteiger partial charge in [-0.25, -0.2) is 4.79 Å². The van der Waals surface area contributed by atoms with Crippen LogP contribution >= 0.6 is 0 Å². The lowest BCUT2D eigenvalue weighted by molar-refractivity contribution is -0.147. The number of hydrogen-bond acceptors (Lipinski definition) is 3. The summed E-state index contributed by atoms with van der Waals surface area (Å²) in [5, 5.41) is 19.0. The highest BCUT2D eigenvalue weighted by atomic mass is 16.4. The highest BCUT2D eigenvalue weighted by Crippen LogP contribution is 2.10. The number of nitrogens with zero attached hydrogens (tertiary/aromatic N) is 1. The number of benzene rings is 1. The zero-order valence-corrected chi connectivity index (χ0v) is 7.73. The van der Waals surface area contributed by atoms with Crippen molar-refractivity contribution in [1.82, 2.24) is 0 Å². The number of carboxylic acid groups (broad SMARTS) is 1. The molecular weight excluding hydrogens is 196 g/mol. The minimum Gasteiger partial charge on any atom is -0.474 e. The monoisotopic (exact) mass is 204 g/mol. The summed E-state index contributed by atoms with van der Waals surface area (Å²) >= 11 is 0. The van der Waals surface area contributed by atoms with Crippen molar-refractivity contribution in [2.24, 2.45) is 0 Å². The van der Waals surface area contributed by atoms with Gasteiger partial charge in [-0.15, -0.1) is 0 Å². The maximum atomic E-state index is 10.8. The van der Waals surface area contributed by atoms with E-state index in [0.717, 1.165) is 5.56 Å². The molecule has 0 fully saturated rings. The van der Waals surface area contributed by atoms with E-state index in [4.69, 9.17) is 10.4 Å². The number of amides is 1. The van der Waals surface area contributed by atoms with Crippen molar-refractivity contribution in [2.45, 2.75) is 6.42 Å². The molecule has 0 aliphatic carbocycles. The Morgan fingerprint density at radius 3 is 2.80 bits per heavy atom. The number of nitrogens with one attached hydrogen (secondary N) is 1. The smallest absolute Gasteiger partial charge is 0.394 e. The molecule has 1 rings (SSSR count). The predicted octanol–water partition coefficient (Wildman–Crippen LogP) is 0.776. The van der Waals surface area contributed by atoms with Crippen LogP contribution in [0.15, 0.2) is 24.3 Å². The Bertz CT molecular complexity index is 435. The van der Waals surface area contributed by atoms with Crippen LogP contribution in [0.4, 0.5) is 5.69 Å². The molecule has 15 heavy (non-hydrogen) atoms. The van der Waals surface area contributed by atoms with Crippen LogP contribution in [0.5, 0.6) is 0 Å². The summed E-state index contributed by atoms with van der Waals surface area (Å²) in [7, 11) is 0. The molecule has 1 aromatic carbocycles. The van der Waals surface area contributed by atoms with Crippen molar-refractivity contribution in [2.75, 3.05) is 5.32 Å². The third kappa shape index (κ3) is 3.12. The number of nitriles is 1. The van der Waals surface area contributed by atoms with E-state index in [0.29, 0.717) is 5.69 Å². The van der Waals surface area contributed by atoms with Crippen LogP contribution in [0.1, 0.15) is 5.56 Å². The van der Waals surface area contributed by atoms with E-state index in [1.54, 1.807) is 24.3 Å². The lowest BCUT2D eigenvalue weighted by atomic mass is 10.1. The van der Waals surface area contributed by atoms with E-state index < -0.39 is 11.9 Å². The molecule has 5 heteroatoms. The van der Waals surface area contributed by atoms with Gasteiger partial charge in [0.25, 0.3) is 0 Å². The fraction of sp³-hybridized carbons (Fsp3) is 0.100. The minimum absolute atomic E-state index is 0.219. The quantitative estimate of drug-likeness (QED) is 0.696. The molecule has 1 aromatic rings. The molecule has 0 saturated carbocycles. The van der Waals surface area contributed by atoms with Crippen LogP contribution in [-0.4, -0.2) is 17.0 Å². The van der Waals surface area contributed by atoms with Gasteiger partial charge in [0.1, 0.15) is 0 Å². The van der Waals surface area contributed by atoms with Gasteiger partial charge in [-0.05, 0) is 17.7 Å². The third-order valence-corrected chi connectivity index (χ3v) is 1.66. The second kappa shape index (κ2) is 4.77. The van der Waals surface area contributed by atoms with E-state index in [1.165, 1.54) is 0 Å². The molecule has 0 radical (unpaired) electrons. The summed E-state index contributed by atoms with van der Waals surface area (Å²) in [5.41, 5.74) is 1.09. The van der Waals surface area contributed by atoms with E-state index in [2.05, 4.69) is 5.32 Å². The molecule has 0 aliphatic rings. The summed E-state index contributed by atoms with van der Waals surface area (Å²) in [6, 6.07) is 8.44. The predicted molar refractivity (Wildman–Crippen MR) is 52.0 cm³/mol. The number of carbonyl (C=O) groups excluding carboxylic acids is 1. The first-order chi connectivity index (χ1) is 7.13. The highest BCUT2D eigenvalue weighted by Gasteiger charge is 2.10. The Labute approximate surface area is 86.0 Å². The molecule has 0 unspecified atom stereocenters. The zero-order chi connectivity index (χ0) is 11.3. The first-order valence-electron chi connectivity index (χ1n) is 4.13. The standard InChI is InChI=1S/C10H8N2O3/c11-5-4-7-2-1-3-8(6-7)12-9(13)10(14)15/h1-3,6H,4H2,(H,12,13)(H,14,15). The number of carbonyl (C=O) groups is 2. The van der Waals surface area contributed by atoms with Crippen molar-refractivity contribution < 1.29 is 14.7 Å². The van der Waals surface area contributed by atoms with Gasteiger partial charge in [0.05, 0.1) is 12.5 Å².